The van der Waals surface area contributed by atoms with Gasteiger partial charge in [-0.2, -0.15) is 0 Å². The lowest BCUT2D eigenvalue weighted by Gasteiger charge is -2.04. The van der Waals surface area contributed by atoms with E-state index in [0.717, 1.165) is 12.7 Å². The van der Waals surface area contributed by atoms with Crippen molar-refractivity contribution in [1.29, 1.82) is 0 Å². The molecule has 0 unspecified atom stereocenters. The summed E-state index contributed by atoms with van der Waals surface area (Å²) >= 11 is 1.46. The summed E-state index contributed by atoms with van der Waals surface area (Å²) in [7, 11) is -3.28. The summed E-state index contributed by atoms with van der Waals surface area (Å²) in [6.45, 7) is 4.26. The van der Waals surface area contributed by atoms with Crippen molar-refractivity contribution in [1.82, 2.24) is 4.98 Å². The van der Waals surface area contributed by atoms with Crippen molar-refractivity contribution < 1.29 is 13.2 Å². The number of amides is 1. The van der Waals surface area contributed by atoms with E-state index in [-0.39, 0.29) is 10.8 Å². The molecule has 0 aliphatic rings. The molecule has 5 nitrogen and oxygen atoms in total. The Kier molecular flexibility index (Phi) is 4.97. The van der Waals surface area contributed by atoms with Crippen LogP contribution in [-0.2, 0) is 16.3 Å². The van der Waals surface area contributed by atoms with Gasteiger partial charge < -0.3 is 5.32 Å². The van der Waals surface area contributed by atoms with Crippen LogP contribution >= 0.6 is 11.3 Å². The van der Waals surface area contributed by atoms with Crippen molar-refractivity contribution in [2.45, 2.75) is 25.2 Å². The first-order valence-corrected chi connectivity index (χ1v) is 9.52. The minimum atomic E-state index is -3.28. The zero-order valence-corrected chi connectivity index (χ0v) is 14.3. The monoisotopic (exact) mass is 338 g/mol. The molecule has 2 heterocycles. The number of carbonyl (C=O) groups excluding carboxylic acids is 1. The molecule has 0 radical (unpaired) electrons. The average molecular weight is 338 g/mol. The van der Waals surface area contributed by atoms with Gasteiger partial charge in [-0.15, -0.1) is 11.3 Å². The Bertz CT molecular complexity index is 762. The van der Waals surface area contributed by atoms with Crippen LogP contribution in [-0.4, -0.2) is 25.6 Å². The lowest BCUT2D eigenvalue weighted by Crippen LogP contribution is -2.11. The van der Waals surface area contributed by atoms with Crippen LogP contribution in [0, 0.1) is 5.92 Å². The molecule has 1 amide bonds. The second-order valence-corrected chi connectivity index (χ2v) is 8.65. The van der Waals surface area contributed by atoms with Crippen LogP contribution in [0.5, 0.6) is 0 Å². The topological polar surface area (TPSA) is 76.1 Å². The first kappa shape index (κ1) is 16.6. The smallest absolute Gasteiger partial charge is 0.266 e. The van der Waals surface area contributed by atoms with E-state index in [1.54, 1.807) is 6.07 Å². The summed E-state index contributed by atoms with van der Waals surface area (Å²) in [4.78, 5) is 18.0. The minimum Gasteiger partial charge on any atom is -0.306 e. The number of anilines is 1. The highest BCUT2D eigenvalue weighted by Gasteiger charge is 2.12. The molecule has 0 saturated heterocycles. The van der Waals surface area contributed by atoms with Crippen molar-refractivity contribution in [2.75, 3.05) is 11.6 Å². The fourth-order valence-electron chi connectivity index (χ4n) is 1.86. The number of thiophene rings is 1. The van der Waals surface area contributed by atoms with Gasteiger partial charge in [0.2, 0.25) is 0 Å². The van der Waals surface area contributed by atoms with E-state index in [0.29, 0.717) is 16.6 Å². The average Bonchev–Trinajstić information content (AvgIpc) is 2.86. The van der Waals surface area contributed by atoms with Crippen molar-refractivity contribution >= 4 is 32.9 Å². The van der Waals surface area contributed by atoms with Crippen molar-refractivity contribution in [3.05, 3.63) is 40.2 Å². The second kappa shape index (κ2) is 6.58. The third kappa shape index (κ3) is 4.38. The predicted octanol–water partition coefficient (Wildman–Crippen LogP) is 3.00. The largest absolute Gasteiger partial charge is 0.306 e. The van der Waals surface area contributed by atoms with Gasteiger partial charge in [0.1, 0.15) is 5.82 Å². The highest BCUT2D eigenvalue weighted by molar-refractivity contribution is 7.90. The quantitative estimate of drug-likeness (QED) is 0.909. The SMILES string of the molecule is CC(C)Cc1ccc(C(=O)Nc2ccc(S(C)(=O)=O)cn2)s1. The molecular weight excluding hydrogens is 320 g/mol. The van der Waals surface area contributed by atoms with Crippen molar-refractivity contribution in [3.63, 3.8) is 0 Å². The lowest BCUT2D eigenvalue weighted by molar-refractivity contribution is 0.103. The van der Waals surface area contributed by atoms with Crippen LogP contribution in [0.1, 0.15) is 28.4 Å². The first-order chi connectivity index (χ1) is 10.3. The number of aromatic nitrogens is 1. The summed E-state index contributed by atoms with van der Waals surface area (Å²) in [5, 5.41) is 2.67. The molecule has 2 aromatic heterocycles. The molecule has 0 bridgehead atoms. The number of hydrogen-bond donors (Lipinski definition) is 1. The summed E-state index contributed by atoms with van der Waals surface area (Å²) < 4.78 is 22.7. The molecule has 0 aliphatic carbocycles. The van der Waals surface area contributed by atoms with Crippen LogP contribution in [0.25, 0.3) is 0 Å². The molecule has 0 aliphatic heterocycles. The third-order valence-corrected chi connectivity index (χ3v) is 5.11. The molecule has 2 rings (SSSR count). The highest BCUT2D eigenvalue weighted by Crippen LogP contribution is 2.21. The fraction of sp³-hybridized carbons (Fsp3) is 0.333. The number of carbonyl (C=O) groups is 1. The molecular formula is C15H18N2O3S2. The number of nitrogens with zero attached hydrogens (tertiary/aromatic N) is 1. The molecule has 1 N–H and O–H groups in total. The van der Waals surface area contributed by atoms with E-state index >= 15 is 0 Å². The second-order valence-electron chi connectivity index (χ2n) is 5.47. The number of sulfone groups is 1. The van der Waals surface area contributed by atoms with Gasteiger partial charge in [-0.05, 0) is 36.6 Å². The first-order valence-electron chi connectivity index (χ1n) is 6.82. The lowest BCUT2D eigenvalue weighted by atomic mass is 10.1. The van der Waals surface area contributed by atoms with Gasteiger partial charge in [-0.3, -0.25) is 4.79 Å². The fourth-order valence-corrected chi connectivity index (χ4v) is 3.54. The van der Waals surface area contributed by atoms with Gasteiger partial charge in [0.25, 0.3) is 5.91 Å². The summed E-state index contributed by atoms with van der Waals surface area (Å²) in [5.74, 6) is 0.635. The summed E-state index contributed by atoms with van der Waals surface area (Å²) in [5.41, 5.74) is 0. The molecule has 0 aromatic carbocycles. The van der Waals surface area contributed by atoms with E-state index in [9.17, 15) is 13.2 Å². The number of rotatable bonds is 5. The molecule has 7 heteroatoms. The Balaban J connectivity index is 2.07. The zero-order valence-electron chi connectivity index (χ0n) is 12.7. The maximum Gasteiger partial charge on any atom is 0.266 e. The van der Waals surface area contributed by atoms with E-state index < -0.39 is 9.84 Å². The van der Waals surface area contributed by atoms with Gasteiger partial charge in [0, 0.05) is 17.3 Å². The van der Waals surface area contributed by atoms with Gasteiger partial charge in [-0.1, -0.05) is 13.8 Å². The Morgan fingerprint density at radius 2 is 2.00 bits per heavy atom. The highest BCUT2D eigenvalue weighted by atomic mass is 32.2. The van der Waals surface area contributed by atoms with E-state index in [2.05, 4.69) is 24.1 Å². The van der Waals surface area contributed by atoms with Gasteiger partial charge >= 0.3 is 0 Å². The maximum absolute atomic E-state index is 12.1. The Hall–Kier alpha value is -1.73. The normalized spacial score (nSPS) is 11.6. The zero-order chi connectivity index (χ0) is 16.3. The number of hydrogen-bond acceptors (Lipinski definition) is 5. The van der Waals surface area contributed by atoms with Crippen LogP contribution in [0.15, 0.2) is 35.4 Å². The Morgan fingerprint density at radius 1 is 1.27 bits per heavy atom. The molecule has 118 valence electrons. The number of pyridine rings is 1. The molecule has 22 heavy (non-hydrogen) atoms. The van der Waals surface area contributed by atoms with E-state index in [1.807, 2.05) is 6.07 Å². The van der Waals surface area contributed by atoms with E-state index in [1.165, 1.54) is 34.5 Å². The molecule has 0 fully saturated rings. The van der Waals surface area contributed by atoms with Gasteiger partial charge in [-0.25, -0.2) is 13.4 Å². The Labute approximate surface area is 134 Å². The minimum absolute atomic E-state index is 0.126. The standard InChI is InChI=1S/C15H18N2O3S2/c1-10(2)8-11-4-6-13(21-11)15(18)17-14-7-5-12(9-16-14)22(3,19)20/h4-7,9-10H,8H2,1-3H3,(H,16,17,18). The van der Waals surface area contributed by atoms with Crippen LogP contribution < -0.4 is 5.32 Å². The molecule has 0 saturated carbocycles. The molecule has 0 atom stereocenters. The Morgan fingerprint density at radius 3 is 2.55 bits per heavy atom. The van der Waals surface area contributed by atoms with E-state index in [4.69, 9.17) is 0 Å². The number of nitrogens with one attached hydrogen (secondary N) is 1. The summed E-state index contributed by atoms with van der Waals surface area (Å²) in [6.07, 6.45) is 3.30. The van der Waals surface area contributed by atoms with Crippen LogP contribution in [0.3, 0.4) is 0 Å². The van der Waals surface area contributed by atoms with Gasteiger partial charge in [0.15, 0.2) is 9.84 Å². The van der Waals surface area contributed by atoms with Crippen LogP contribution in [0.2, 0.25) is 0 Å². The van der Waals surface area contributed by atoms with Gasteiger partial charge in [0.05, 0.1) is 9.77 Å². The van der Waals surface area contributed by atoms with Crippen molar-refractivity contribution in [3.8, 4) is 0 Å². The maximum atomic E-state index is 12.1. The third-order valence-electron chi connectivity index (χ3n) is 2.90. The van der Waals surface area contributed by atoms with Crippen molar-refractivity contribution in [2.24, 2.45) is 5.92 Å². The molecule has 2 aromatic rings. The van der Waals surface area contributed by atoms with Crippen LogP contribution in [0.4, 0.5) is 5.82 Å². The summed E-state index contributed by atoms with van der Waals surface area (Å²) in [6, 6.07) is 6.66. The molecule has 0 spiro atoms. The predicted molar refractivity (Wildman–Crippen MR) is 88.2 cm³/mol.